The number of hydrogen-bond donors (Lipinski definition) is 1. The number of imidazole rings is 1. The molecule has 1 fully saturated rings. The van der Waals surface area contributed by atoms with Gasteiger partial charge in [-0.15, -0.1) is 12.4 Å². The summed E-state index contributed by atoms with van der Waals surface area (Å²) in [5.41, 5.74) is 6.44. The molecule has 178 valence electrons. The lowest BCUT2D eigenvalue weighted by Gasteiger charge is -2.29. The summed E-state index contributed by atoms with van der Waals surface area (Å²) in [6, 6.07) is 14.6. The molecule has 1 aliphatic heterocycles. The molecule has 1 saturated heterocycles. The van der Waals surface area contributed by atoms with E-state index < -0.39 is 0 Å². The highest BCUT2D eigenvalue weighted by Gasteiger charge is 2.18. The average Bonchev–Trinajstić information content (AvgIpc) is 3.31. The third-order valence-corrected chi connectivity index (χ3v) is 6.52. The van der Waals surface area contributed by atoms with Crippen molar-refractivity contribution in [3.63, 3.8) is 0 Å². The number of benzene rings is 2. The Kier molecular flexibility index (Phi) is 7.39. The van der Waals surface area contributed by atoms with E-state index in [2.05, 4.69) is 70.8 Å². The number of rotatable bonds is 6. The number of nitrogens with zero attached hydrogens (tertiary/aromatic N) is 4. The summed E-state index contributed by atoms with van der Waals surface area (Å²) in [6.07, 6.45) is 8.08. The molecule has 7 heteroatoms. The van der Waals surface area contributed by atoms with Crippen LogP contribution < -0.4 is 10.1 Å². The first-order chi connectivity index (χ1) is 16.1. The highest BCUT2D eigenvalue weighted by molar-refractivity contribution is 5.85. The summed E-state index contributed by atoms with van der Waals surface area (Å²) in [5.74, 6) is 2.28. The third-order valence-electron chi connectivity index (χ3n) is 6.52. The standard InChI is InChI=1S/C27H31N5O.ClH/c1-19-7-4-8-20(2)26(19)30-27-25-14-28-18-32(25)24(15-29-27)22-10-5-11-23(13-22)33-17-21-9-6-12-31(3)16-21;/h4-5,7-8,10-11,13-15,18,21H,6,9,12,16-17H2,1-3H3,(H,29,30);1H. The zero-order valence-corrected chi connectivity index (χ0v) is 20.8. The molecule has 0 amide bonds. The minimum Gasteiger partial charge on any atom is -0.493 e. The Labute approximate surface area is 207 Å². The average molecular weight is 478 g/mol. The van der Waals surface area contributed by atoms with Crippen LogP contribution in [0.3, 0.4) is 0 Å². The molecule has 1 N–H and O–H groups in total. The number of nitrogens with one attached hydrogen (secondary N) is 1. The van der Waals surface area contributed by atoms with Crippen molar-refractivity contribution >= 4 is 29.4 Å². The number of para-hydroxylation sites is 1. The fourth-order valence-electron chi connectivity index (χ4n) is 4.72. The number of aromatic nitrogens is 3. The Morgan fingerprint density at radius 3 is 2.68 bits per heavy atom. The SMILES string of the molecule is Cc1cccc(C)c1Nc1ncc(-c2cccc(OCC3CCCN(C)C3)c2)n2cncc12.Cl. The Bertz CT molecular complexity index is 1250. The van der Waals surface area contributed by atoms with Crippen LogP contribution in [0.15, 0.2) is 61.2 Å². The molecule has 1 atom stereocenters. The molecule has 34 heavy (non-hydrogen) atoms. The van der Waals surface area contributed by atoms with Crippen molar-refractivity contribution in [2.75, 3.05) is 32.1 Å². The number of likely N-dealkylation sites (tertiary alicyclic amines) is 1. The number of anilines is 2. The molecule has 6 nitrogen and oxygen atoms in total. The number of fused-ring (bicyclic) bond motifs is 1. The van der Waals surface area contributed by atoms with Gasteiger partial charge in [-0.3, -0.25) is 4.40 Å². The zero-order chi connectivity index (χ0) is 22.8. The van der Waals surface area contributed by atoms with Gasteiger partial charge in [-0.2, -0.15) is 0 Å². The van der Waals surface area contributed by atoms with Gasteiger partial charge in [0.1, 0.15) is 11.3 Å². The summed E-state index contributed by atoms with van der Waals surface area (Å²) in [6.45, 7) is 7.26. The highest BCUT2D eigenvalue weighted by atomic mass is 35.5. The minimum absolute atomic E-state index is 0. The second-order valence-corrected chi connectivity index (χ2v) is 9.14. The minimum atomic E-state index is 0. The van der Waals surface area contributed by atoms with Crippen molar-refractivity contribution in [1.29, 1.82) is 0 Å². The molecular weight excluding hydrogens is 446 g/mol. The van der Waals surface area contributed by atoms with Crippen molar-refractivity contribution in [3.05, 3.63) is 72.3 Å². The molecule has 0 bridgehead atoms. The Balaban J connectivity index is 0.00000274. The molecule has 1 aliphatic rings. The monoisotopic (exact) mass is 477 g/mol. The molecule has 4 aromatic rings. The lowest BCUT2D eigenvalue weighted by atomic mass is 9.99. The van der Waals surface area contributed by atoms with Crippen molar-refractivity contribution in [1.82, 2.24) is 19.3 Å². The molecule has 0 aliphatic carbocycles. The quantitative estimate of drug-likeness (QED) is 0.374. The van der Waals surface area contributed by atoms with Gasteiger partial charge in [0.25, 0.3) is 0 Å². The maximum atomic E-state index is 6.19. The van der Waals surface area contributed by atoms with Gasteiger partial charge in [-0.25, -0.2) is 9.97 Å². The van der Waals surface area contributed by atoms with Crippen LogP contribution in [0.25, 0.3) is 16.8 Å². The van der Waals surface area contributed by atoms with Crippen molar-refractivity contribution in [2.24, 2.45) is 5.92 Å². The van der Waals surface area contributed by atoms with Gasteiger partial charge in [-0.1, -0.05) is 30.3 Å². The van der Waals surface area contributed by atoms with Crippen LogP contribution in [0.5, 0.6) is 5.75 Å². The van der Waals surface area contributed by atoms with Gasteiger partial charge >= 0.3 is 0 Å². The molecule has 2 aromatic heterocycles. The summed E-state index contributed by atoms with van der Waals surface area (Å²) >= 11 is 0. The lowest BCUT2D eigenvalue weighted by molar-refractivity contribution is 0.150. The maximum Gasteiger partial charge on any atom is 0.156 e. The molecule has 2 aromatic carbocycles. The first-order valence-electron chi connectivity index (χ1n) is 11.6. The lowest BCUT2D eigenvalue weighted by Crippen LogP contribution is -2.34. The van der Waals surface area contributed by atoms with Crippen LogP contribution in [-0.2, 0) is 0 Å². The van der Waals surface area contributed by atoms with E-state index in [4.69, 9.17) is 9.72 Å². The molecule has 5 rings (SSSR count). The van der Waals surface area contributed by atoms with E-state index in [0.717, 1.165) is 47.2 Å². The summed E-state index contributed by atoms with van der Waals surface area (Å²) < 4.78 is 8.28. The molecule has 1 unspecified atom stereocenters. The van der Waals surface area contributed by atoms with Crippen LogP contribution in [0.4, 0.5) is 11.5 Å². The van der Waals surface area contributed by atoms with Crippen molar-refractivity contribution in [3.8, 4) is 17.0 Å². The molecule has 0 saturated carbocycles. The van der Waals surface area contributed by atoms with E-state index in [1.807, 2.05) is 30.9 Å². The highest BCUT2D eigenvalue weighted by Crippen LogP contribution is 2.30. The van der Waals surface area contributed by atoms with Gasteiger partial charge in [-0.05, 0) is 63.5 Å². The van der Waals surface area contributed by atoms with Crippen LogP contribution in [0.1, 0.15) is 24.0 Å². The van der Waals surface area contributed by atoms with Gasteiger partial charge in [0.2, 0.25) is 0 Å². The van der Waals surface area contributed by atoms with Gasteiger partial charge in [0.15, 0.2) is 5.82 Å². The van der Waals surface area contributed by atoms with E-state index in [1.54, 1.807) is 0 Å². The second kappa shape index (κ2) is 10.5. The second-order valence-electron chi connectivity index (χ2n) is 9.14. The summed E-state index contributed by atoms with van der Waals surface area (Å²) in [7, 11) is 2.19. The predicted octanol–water partition coefficient (Wildman–Crippen LogP) is 5.90. The van der Waals surface area contributed by atoms with E-state index in [0.29, 0.717) is 5.92 Å². The molecule has 0 spiro atoms. The molecule has 3 heterocycles. The van der Waals surface area contributed by atoms with Crippen LogP contribution in [0, 0.1) is 19.8 Å². The Morgan fingerprint density at radius 2 is 1.88 bits per heavy atom. The van der Waals surface area contributed by atoms with E-state index in [9.17, 15) is 0 Å². The number of ether oxygens (including phenoxy) is 1. The van der Waals surface area contributed by atoms with Gasteiger partial charge < -0.3 is 15.0 Å². The largest absolute Gasteiger partial charge is 0.493 e. The van der Waals surface area contributed by atoms with Gasteiger partial charge in [0, 0.05) is 23.7 Å². The third kappa shape index (κ3) is 5.03. The topological polar surface area (TPSA) is 54.7 Å². The number of piperidine rings is 1. The summed E-state index contributed by atoms with van der Waals surface area (Å²) in [4.78, 5) is 11.6. The van der Waals surface area contributed by atoms with E-state index in [-0.39, 0.29) is 12.4 Å². The first-order valence-corrected chi connectivity index (χ1v) is 11.6. The van der Waals surface area contributed by atoms with Crippen LogP contribution in [-0.4, -0.2) is 46.0 Å². The van der Waals surface area contributed by atoms with Crippen LogP contribution in [0.2, 0.25) is 0 Å². The fourth-order valence-corrected chi connectivity index (χ4v) is 4.72. The number of halogens is 1. The maximum absolute atomic E-state index is 6.19. The van der Waals surface area contributed by atoms with E-state index >= 15 is 0 Å². The predicted molar refractivity (Wildman–Crippen MR) is 141 cm³/mol. The fraction of sp³-hybridized carbons (Fsp3) is 0.333. The van der Waals surface area contributed by atoms with Crippen molar-refractivity contribution in [2.45, 2.75) is 26.7 Å². The first kappa shape index (κ1) is 24.0. The normalized spacial score (nSPS) is 16.3. The zero-order valence-electron chi connectivity index (χ0n) is 20.0. The molecular formula is C27H32ClN5O. The smallest absolute Gasteiger partial charge is 0.156 e. The number of aryl methyl sites for hydroxylation is 2. The van der Waals surface area contributed by atoms with Crippen LogP contribution >= 0.6 is 12.4 Å². The summed E-state index contributed by atoms with van der Waals surface area (Å²) in [5, 5.41) is 3.52. The van der Waals surface area contributed by atoms with Gasteiger partial charge in [0.05, 0.1) is 31.0 Å². The van der Waals surface area contributed by atoms with Crippen molar-refractivity contribution < 1.29 is 4.74 Å². The Morgan fingerprint density at radius 1 is 1.09 bits per heavy atom. The van der Waals surface area contributed by atoms with E-state index in [1.165, 1.54) is 30.5 Å². The molecule has 0 radical (unpaired) electrons. The Hall–Kier alpha value is -3.09. The number of hydrogen-bond acceptors (Lipinski definition) is 5.